The van der Waals surface area contributed by atoms with Crippen molar-refractivity contribution in [2.24, 2.45) is 0 Å². The van der Waals surface area contributed by atoms with Crippen LogP contribution in [0.25, 0.3) is 0 Å². The van der Waals surface area contributed by atoms with Crippen LogP contribution in [0.5, 0.6) is 0 Å². The zero-order chi connectivity index (χ0) is 10.4. The molecule has 14 heavy (non-hydrogen) atoms. The van der Waals surface area contributed by atoms with E-state index >= 15 is 0 Å². The van der Waals surface area contributed by atoms with Crippen LogP contribution in [0.15, 0.2) is 24.3 Å². The van der Waals surface area contributed by atoms with E-state index in [1.54, 1.807) is 6.92 Å². The molecule has 1 aromatic rings. The molecule has 2 nitrogen and oxygen atoms in total. The molecule has 0 heterocycles. The zero-order valence-electron chi connectivity index (χ0n) is 8.22. The lowest BCUT2D eigenvalue weighted by Gasteiger charge is -2.04. The van der Waals surface area contributed by atoms with Gasteiger partial charge in [-0.25, -0.2) is 0 Å². The Kier molecular flexibility index (Phi) is 4.47. The van der Waals surface area contributed by atoms with Crippen molar-refractivity contribution in [2.45, 2.75) is 19.8 Å². The third-order valence-corrected chi connectivity index (χ3v) is 2.13. The topological polar surface area (TPSA) is 29.1 Å². The summed E-state index contributed by atoms with van der Waals surface area (Å²) < 4.78 is 0. The normalized spacial score (nSPS) is 9.86. The number of carbonyl (C=O) groups is 1. The summed E-state index contributed by atoms with van der Waals surface area (Å²) in [5, 5.41) is 3.95. The summed E-state index contributed by atoms with van der Waals surface area (Å²) in [6, 6.07) is 7.54. The second-order valence-corrected chi connectivity index (χ2v) is 3.68. The average Bonchev–Trinajstić information content (AvgIpc) is 2.15. The Morgan fingerprint density at radius 2 is 2.00 bits per heavy atom. The second-order valence-electron chi connectivity index (χ2n) is 3.24. The van der Waals surface area contributed by atoms with Crippen LogP contribution in [0.3, 0.4) is 0 Å². The highest BCUT2D eigenvalue weighted by molar-refractivity contribution is 6.30. The highest BCUT2D eigenvalue weighted by Crippen LogP contribution is 2.13. The van der Waals surface area contributed by atoms with Crippen molar-refractivity contribution in [3.8, 4) is 0 Å². The molecule has 0 aliphatic rings. The lowest BCUT2D eigenvalue weighted by Crippen LogP contribution is -2.03. The van der Waals surface area contributed by atoms with Gasteiger partial charge in [0.1, 0.15) is 5.78 Å². The van der Waals surface area contributed by atoms with E-state index < -0.39 is 0 Å². The molecule has 0 aliphatic carbocycles. The van der Waals surface area contributed by atoms with Crippen LogP contribution < -0.4 is 5.32 Å². The van der Waals surface area contributed by atoms with Crippen LogP contribution in [0, 0.1) is 0 Å². The van der Waals surface area contributed by atoms with Gasteiger partial charge in [-0.05, 0) is 37.6 Å². The molecule has 0 bridgehead atoms. The highest BCUT2D eigenvalue weighted by atomic mass is 35.5. The fourth-order valence-electron chi connectivity index (χ4n) is 1.14. The molecule has 1 N–H and O–H groups in total. The molecule has 0 atom stereocenters. The standard InChI is InChI=1S/C11H14ClNO/c1-9(14)3-2-8-13-11-6-4-10(12)5-7-11/h4-7,13H,2-3,8H2,1H3. The molecule has 3 heteroatoms. The first-order valence-electron chi connectivity index (χ1n) is 4.67. The minimum atomic E-state index is 0.239. The third kappa shape index (κ3) is 4.28. The predicted molar refractivity (Wildman–Crippen MR) is 59.9 cm³/mol. The number of benzene rings is 1. The van der Waals surface area contributed by atoms with Gasteiger partial charge in [-0.3, -0.25) is 0 Å². The molecule has 76 valence electrons. The Bertz CT molecular complexity index is 295. The van der Waals surface area contributed by atoms with Crippen molar-refractivity contribution in [1.82, 2.24) is 0 Å². The van der Waals surface area contributed by atoms with Gasteiger partial charge < -0.3 is 10.1 Å². The van der Waals surface area contributed by atoms with Gasteiger partial charge in [0.15, 0.2) is 0 Å². The SMILES string of the molecule is CC(=O)CCCNc1ccc(Cl)cc1. The predicted octanol–water partition coefficient (Wildman–Crippen LogP) is 3.12. The Hall–Kier alpha value is -1.02. The molecule has 0 spiro atoms. The van der Waals surface area contributed by atoms with Gasteiger partial charge in [-0.15, -0.1) is 0 Å². The maximum absolute atomic E-state index is 10.7. The number of nitrogens with one attached hydrogen (secondary N) is 1. The Labute approximate surface area is 89.3 Å². The Morgan fingerprint density at radius 3 is 2.57 bits per heavy atom. The third-order valence-electron chi connectivity index (χ3n) is 1.88. The number of anilines is 1. The summed E-state index contributed by atoms with van der Waals surface area (Å²) in [6.45, 7) is 2.43. The van der Waals surface area contributed by atoms with E-state index in [1.165, 1.54) is 0 Å². The summed E-state index contributed by atoms with van der Waals surface area (Å²) >= 11 is 5.74. The van der Waals surface area contributed by atoms with E-state index in [-0.39, 0.29) is 5.78 Å². The van der Waals surface area contributed by atoms with E-state index in [0.29, 0.717) is 6.42 Å². The van der Waals surface area contributed by atoms with Crippen LogP contribution in [0.2, 0.25) is 5.02 Å². The molecular formula is C11H14ClNO. The maximum Gasteiger partial charge on any atom is 0.129 e. The van der Waals surface area contributed by atoms with E-state index in [9.17, 15) is 4.79 Å². The Balaban J connectivity index is 2.25. The monoisotopic (exact) mass is 211 g/mol. The van der Waals surface area contributed by atoms with Crippen LogP contribution in [0.1, 0.15) is 19.8 Å². The summed E-state index contributed by atoms with van der Waals surface area (Å²) in [7, 11) is 0. The molecule has 1 rings (SSSR count). The first-order chi connectivity index (χ1) is 6.68. The first kappa shape index (κ1) is 11.1. The number of halogens is 1. The van der Waals surface area contributed by atoms with Crippen LogP contribution in [-0.2, 0) is 4.79 Å². The molecule has 0 saturated heterocycles. The van der Waals surface area contributed by atoms with Crippen molar-refractivity contribution in [1.29, 1.82) is 0 Å². The van der Waals surface area contributed by atoms with E-state index in [4.69, 9.17) is 11.6 Å². The lowest BCUT2D eigenvalue weighted by molar-refractivity contribution is -0.117. The largest absolute Gasteiger partial charge is 0.385 e. The highest BCUT2D eigenvalue weighted by Gasteiger charge is 1.94. The van der Waals surface area contributed by atoms with Gasteiger partial charge >= 0.3 is 0 Å². The summed E-state index contributed by atoms with van der Waals surface area (Å²) in [5.74, 6) is 0.239. The van der Waals surface area contributed by atoms with Crippen molar-refractivity contribution < 1.29 is 4.79 Å². The second kappa shape index (κ2) is 5.66. The van der Waals surface area contributed by atoms with Gasteiger partial charge in [0, 0.05) is 23.7 Å². The van der Waals surface area contributed by atoms with E-state index in [1.807, 2.05) is 24.3 Å². The van der Waals surface area contributed by atoms with Crippen LogP contribution in [0.4, 0.5) is 5.69 Å². The molecule has 0 fully saturated rings. The molecule has 0 radical (unpaired) electrons. The average molecular weight is 212 g/mol. The Morgan fingerprint density at radius 1 is 1.36 bits per heavy atom. The number of carbonyl (C=O) groups excluding carboxylic acids is 1. The zero-order valence-corrected chi connectivity index (χ0v) is 8.97. The molecular weight excluding hydrogens is 198 g/mol. The van der Waals surface area contributed by atoms with Crippen molar-refractivity contribution in [3.05, 3.63) is 29.3 Å². The fraction of sp³-hybridized carbons (Fsp3) is 0.364. The molecule has 0 aromatic heterocycles. The molecule has 0 amide bonds. The van der Waals surface area contributed by atoms with E-state index in [2.05, 4.69) is 5.32 Å². The van der Waals surface area contributed by atoms with Gasteiger partial charge in [0.2, 0.25) is 0 Å². The summed E-state index contributed by atoms with van der Waals surface area (Å²) in [6.07, 6.45) is 1.51. The number of hydrogen-bond donors (Lipinski definition) is 1. The quantitative estimate of drug-likeness (QED) is 0.759. The van der Waals surface area contributed by atoms with Gasteiger partial charge in [0.05, 0.1) is 0 Å². The van der Waals surface area contributed by atoms with Crippen molar-refractivity contribution in [3.63, 3.8) is 0 Å². The van der Waals surface area contributed by atoms with Crippen LogP contribution in [-0.4, -0.2) is 12.3 Å². The summed E-state index contributed by atoms with van der Waals surface area (Å²) in [4.78, 5) is 10.7. The number of ketones is 1. The van der Waals surface area contributed by atoms with Crippen molar-refractivity contribution >= 4 is 23.1 Å². The van der Waals surface area contributed by atoms with Crippen molar-refractivity contribution in [2.75, 3.05) is 11.9 Å². The maximum atomic E-state index is 10.7. The fourth-order valence-corrected chi connectivity index (χ4v) is 1.26. The van der Waals surface area contributed by atoms with Crippen LogP contribution >= 0.6 is 11.6 Å². The smallest absolute Gasteiger partial charge is 0.129 e. The number of hydrogen-bond acceptors (Lipinski definition) is 2. The number of rotatable bonds is 5. The van der Waals surface area contributed by atoms with Gasteiger partial charge in [-0.1, -0.05) is 11.6 Å². The lowest BCUT2D eigenvalue weighted by atomic mass is 10.2. The first-order valence-corrected chi connectivity index (χ1v) is 5.05. The van der Waals surface area contributed by atoms with Gasteiger partial charge in [-0.2, -0.15) is 0 Å². The van der Waals surface area contributed by atoms with Gasteiger partial charge in [0.25, 0.3) is 0 Å². The molecule has 0 unspecified atom stereocenters. The minimum Gasteiger partial charge on any atom is -0.385 e. The molecule has 0 aliphatic heterocycles. The van der Waals surface area contributed by atoms with E-state index in [0.717, 1.165) is 23.7 Å². The minimum absolute atomic E-state index is 0.239. The number of Topliss-reactive ketones (excluding diaryl/α,β-unsaturated/α-hetero) is 1. The summed E-state index contributed by atoms with van der Waals surface area (Å²) in [5.41, 5.74) is 1.04. The molecule has 1 aromatic carbocycles. The molecule has 0 saturated carbocycles.